The Morgan fingerprint density at radius 2 is 1.75 bits per heavy atom. The summed E-state index contributed by atoms with van der Waals surface area (Å²) in [7, 11) is 3.20. The molecule has 0 radical (unpaired) electrons. The summed E-state index contributed by atoms with van der Waals surface area (Å²) in [5.74, 6) is 0.397. The minimum absolute atomic E-state index is 0.0253. The fourth-order valence-corrected chi connectivity index (χ4v) is 4.05. The third kappa shape index (κ3) is 4.30. The van der Waals surface area contributed by atoms with Gasteiger partial charge < -0.3 is 19.8 Å². The van der Waals surface area contributed by atoms with Crippen molar-refractivity contribution < 1.29 is 18.7 Å². The molecule has 0 bridgehead atoms. The molecule has 0 aliphatic rings. The number of amides is 1. The first kappa shape index (κ1) is 21.4. The summed E-state index contributed by atoms with van der Waals surface area (Å²) in [5, 5.41) is 4.04. The molecule has 3 aromatic carbocycles. The molecule has 0 spiro atoms. The Morgan fingerprint density at radius 3 is 2.53 bits per heavy atom. The second-order valence-electron chi connectivity index (χ2n) is 7.50. The lowest BCUT2D eigenvalue weighted by atomic mass is 9.89. The number of rotatable bonds is 8. The molecule has 6 heteroatoms. The zero-order chi connectivity index (χ0) is 22.5. The molecule has 4 rings (SSSR count). The predicted molar refractivity (Wildman–Crippen MR) is 123 cm³/mol. The number of fused-ring (bicyclic) bond motifs is 1. The highest BCUT2D eigenvalue weighted by atomic mass is 19.1. The first-order valence-electron chi connectivity index (χ1n) is 10.4. The van der Waals surface area contributed by atoms with Crippen molar-refractivity contribution in [2.24, 2.45) is 0 Å². The normalized spacial score (nSPS) is 11.8. The highest BCUT2D eigenvalue weighted by Gasteiger charge is 2.24. The summed E-state index contributed by atoms with van der Waals surface area (Å²) < 4.78 is 25.1. The Bertz CT molecular complexity index is 1230. The van der Waals surface area contributed by atoms with E-state index >= 15 is 0 Å². The van der Waals surface area contributed by atoms with Crippen molar-refractivity contribution in [3.63, 3.8) is 0 Å². The number of carbonyl (C=O) groups is 1. The van der Waals surface area contributed by atoms with Crippen molar-refractivity contribution >= 4 is 16.8 Å². The monoisotopic (exact) mass is 432 g/mol. The second kappa shape index (κ2) is 9.56. The molecule has 1 atom stereocenters. The van der Waals surface area contributed by atoms with Gasteiger partial charge in [-0.1, -0.05) is 48.5 Å². The number of ether oxygens (including phenoxy) is 2. The average Bonchev–Trinajstić information content (AvgIpc) is 3.24. The van der Waals surface area contributed by atoms with Gasteiger partial charge in [0.2, 0.25) is 5.91 Å². The molecule has 5 nitrogen and oxygen atoms in total. The van der Waals surface area contributed by atoms with Crippen LogP contribution in [0, 0.1) is 5.82 Å². The molecule has 32 heavy (non-hydrogen) atoms. The van der Waals surface area contributed by atoms with E-state index in [0.29, 0.717) is 23.6 Å². The Hall–Kier alpha value is -3.80. The maximum absolute atomic E-state index is 14.0. The molecule has 0 fully saturated rings. The number of hydrogen-bond donors (Lipinski definition) is 2. The maximum Gasteiger partial charge on any atom is 0.224 e. The summed E-state index contributed by atoms with van der Waals surface area (Å²) in [6.45, 7) is 0.318. The van der Waals surface area contributed by atoms with Crippen LogP contribution in [0.5, 0.6) is 11.5 Å². The van der Waals surface area contributed by atoms with Crippen LogP contribution in [0.25, 0.3) is 10.9 Å². The highest BCUT2D eigenvalue weighted by Crippen LogP contribution is 2.40. The zero-order valence-electron chi connectivity index (χ0n) is 18.0. The summed E-state index contributed by atoms with van der Waals surface area (Å²) in [5.41, 5.74) is 3.29. The van der Waals surface area contributed by atoms with E-state index in [-0.39, 0.29) is 24.1 Å². The van der Waals surface area contributed by atoms with E-state index in [1.807, 2.05) is 48.7 Å². The van der Waals surface area contributed by atoms with E-state index < -0.39 is 0 Å². The zero-order valence-corrected chi connectivity index (χ0v) is 18.0. The van der Waals surface area contributed by atoms with Crippen molar-refractivity contribution in [2.75, 3.05) is 20.8 Å². The smallest absolute Gasteiger partial charge is 0.224 e. The lowest BCUT2D eigenvalue weighted by Gasteiger charge is -2.22. The molecule has 1 amide bonds. The van der Waals surface area contributed by atoms with E-state index in [2.05, 4.69) is 10.3 Å². The molecule has 4 aromatic rings. The Labute approximate surface area is 186 Å². The average molecular weight is 432 g/mol. The van der Waals surface area contributed by atoms with Gasteiger partial charge in [0.1, 0.15) is 5.82 Å². The number of halogens is 1. The number of nitrogens with one attached hydrogen (secondary N) is 2. The van der Waals surface area contributed by atoms with Gasteiger partial charge in [-0.15, -0.1) is 0 Å². The first-order valence-corrected chi connectivity index (χ1v) is 10.4. The third-order valence-corrected chi connectivity index (χ3v) is 5.62. The van der Waals surface area contributed by atoms with E-state index in [1.165, 1.54) is 6.07 Å². The molecule has 1 unspecified atom stereocenters. The van der Waals surface area contributed by atoms with Crippen LogP contribution in [0.1, 0.15) is 22.6 Å². The van der Waals surface area contributed by atoms with Crippen LogP contribution in [0.2, 0.25) is 0 Å². The number of carbonyl (C=O) groups excluding carboxylic acids is 1. The number of para-hydroxylation sites is 2. The minimum atomic E-state index is -0.384. The summed E-state index contributed by atoms with van der Waals surface area (Å²) in [6, 6.07) is 20.0. The second-order valence-corrected chi connectivity index (χ2v) is 7.50. The molecule has 1 heterocycles. The van der Waals surface area contributed by atoms with E-state index in [0.717, 1.165) is 22.0 Å². The largest absolute Gasteiger partial charge is 0.493 e. The van der Waals surface area contributed by atoms with Crippen molar-refractivity contribution in [2.45, 2.75) is 12.3 Å². The van der Waals surface area contributed by atoms with E-state index in [1.54, 1.807) is 32.4 Å². The van der Waals surface area contributed by atoms with Crippen LogP contribution in [0.4, 0.5) is 4.39 Å². The molecule has 0 aliphatic heterocycles. The quantitative estimate of drug-likeness (QED) is 0.420. The van der Waals surface area contributed by atoms with Gasteiger partial charge in [-0.05, 0) is 29.3 Å². The Kier molecular flexibility index (Phi) is 6.40. The van der Waals surface area contributed by atoms with Crippen LogP contribution in [0.15, 0.2) is 72.9 Å². The number of aromatic amines is 1. The van der Waals surface area contributed by atoms with Crippen LogP contribution < -0.4 is 14.8 Å². The van der Waals surface area contributed by atoms with Crippen molar-refractivity contribution in [1.82, 2.24) is 10.3 Å². The van der Waals surface area contributed by atoms with Gasteiger partial charge in [-0.2, -0.15) is 0 Å². The number of aromatic nitrogens is 1. The first-order chi connectivity index (χ1) is 15.6. The summed E-state index contributed by atoms with van der Waals surface area (Å²) in [6.07, 6.45) is 1.93. The lowest BCUT2D eigenvalue weighted by molar-refractivity contribution is -0.120. The Balaban J connectivity index is 1.67. The molecule has 0 aliphatic carbocycles. The SMILES string of the molecule is COc1cccc(C(CNC(=O)Cc2ccccc2F)c2c[nH]c3ccccc23)c1OC. The number of H-pyrrole nitrogens is 1. The lowest BCUT2D eigenvalue weighted by Crippen LogP contribution is -2.30. The minimum Gasteiger partial charge on any atom is -0.493 e. The van der Waals surface area contributed by atoms with Gasteiger partial charge in [0, 0.05) is 35.1 Å². The third-order valence-electron chi connectivity index (χ3n) is 5.62. The molecule has 0 saturated carbocycles. The van der Waals surface area contributed by atoms with Gasteiger partial charge >= 0.3 is 0 Å². The Morgan fingerprint density at radius 1 is 0.969 bits per heavy atom. The van der Waals surface area contributed by atoms with Crippen molar-refractivity contribution in [1.29, 1.82) is 0 Å². The van der Waals surface area contributed by atoms with Crippen molar-refractivity contribution in [3.8, 4) is 11.5 Å². The van der Waals surface area contributed by atoms with Gasteiger partial charge in [-0.3, -0.25) is 4.79 Å². The van der Waals surface area contributed by atoms with Crippen LogP contribution in [0.3, 0.4) is 0 Å². The maximum atomic E-state index is 14.0. The fourth-order valence-electron chi connectivity index (χ4n) is 4.05. The number of hydrogen-bond acceptors (Lipinski definition) is 3. The number of benzene rings is 3. The standard InChI is InChI=1S/C26H25FN2O3/c1-31-24-13-7-10-19(26(24)32-2)21(20-15-28-23-12-6-4-9-18(20)23)16-29-25(30)14-17-8-3-5-11-22(17)27/h3-13,15,21,28H,14,16H2,1-2H3,(H,29,30). The van der Waals surface area contributed by atoms with Crippen LogP contribution in [-0.2, 0) is 11.2 Å². The van der Waals surface area contributed by atoms with E-state index in [4.69, 9.17) is 9.47 Å². The molecular weight excluding hydrogens is 407 g/mol. The summed E-state index contributed by atoms with van der Waals surface area (Å²) >= 11 is 0. The topological polar surface area (TPSA) is 63.3 Å². The van der Waals surface area contributed by atoms with Gasteiger partial charge in [-0.25, -0.2) is 4.39 Å². The fraction of sp³-hybridized carbons (Fsp3) is 0.192. The number of methoxy groups -OCH3 is 2. The van der Waals surface area contributed by atoms with Crippen LogP contribution >= 0.6 is 0 Å². The molecular formula is C26H25FN2O3. The highest BCUT2D eigenvalue weighted by molar-refractivity contribution is 5.85. The predicted octanol–water partition coefficient (Wildman–Crippen LogP) is 4.82. The van der Waals surface area contributed by atoms with Crippen LogP contribution in [-0.4, -0.2) is 31.7 Å². The van der Waals surface area contributed by atoms with Crippen molar-refractivity contribution in [3.05, 3.63) is 95.4 Å². The van der Waals surface area contributed by atoms with Gasteiger partial charge in [0.25, 0.3) is 0 Å². The molecule has 164 valence electrons. The van der Waals surface area contributed by atoms with Gasteiger partial charge in [0.15, 0.2) is 11.5 Å². The van der Waals surface area contributed by atoms with E-state index in [9.17, 15) is 9.18 Å². The molecule has 1 aromatic heterocycles. The molecule has 2 N–H and O–H groups in total. The molecule has 0 saturated heterocycles. The summed E-state index contributed by atoms with van der Waals surface area (Å²) in [4.78, 5) is 16.0. The van der Waals surface area contributed by atoms with Gasteiger partial charge in [0.05, 0.1) is 20.6 Å².